The number of fused-ring (bicyclic) bond motifs is 1. The van der Waals surface area contributed by atoms with Gasteiger partial charge in [-0.05, 0) is 60.4 Å². The fraction of sp³-hybridized carbons (Fsp3) is 0.250. The molecule has 0 saturated carbocycles. The Bertz CT molecular complexity index is 1100. The van der Waals surface area contributed by atoms with Crippen LogP contribution in [0.1, 0.15) is 43.7 Å². The second kappa shape index (κ2) is 11.8. The molecule has 0 aromatic heterocycles. The summed E-state index contributed by atoms with van der Waals surface area (Å²) in [6, 6.07) is 18.1. The summed E-state index contributed by atoms with van der Waals surface area (Å²) < 4.78 is 11.1. The van der Waals surface area contributed by atoms with Crippen molar-refractivity contribution in [3.63, 3.8) is 0 Å². The van der Waals surface area contributed by atoms with Crippen LogP contribution < -0.4 is 14.8 Å². The first-order valence-electron chi connectivity index (χ1n) is 11.0. The SMILES string of the molecule is COc1cc(/C=C\CCCC/C=C/c2ccc(NC(C)=O)cc2)c2ccccc2c1OC. The van der Waals surface area contributed by atoms with Crippen molar-refractivity contribution in [2.75, 3.05) is 19.5 Å². The lowest BCUT2D eigenvalue weighted by Gasteiger charge is -2.13. The van der Waals surface area contributed by atoms with Crippen molar-refractivity contribution in [3.8, 4) is 11.5 Å². The Kier molecular flexibility index (Phi) is 8.50. The summed E-state index contributed by atoms with van der Waals surface area (Å²) in [6.45, 7) is 1.51. The Morgan fingerprint density at radius 1 is 0.875 bits per heavy atom. The van der Waals surface area contributed by atoms with Crippen LogP contribution >= 0.6 is 0 Å². The van der Waals surface area contributed by atoms with E-state index in [4.69, 9.17) is 9.47 Å². The molecule has 32 heavy (non-hydrogen) atoms. The lowest BCUT2D eigenvalue weighted by atomic mass is 10.0. The number of carbonyl (C=O) groups excluding carboxylic acids is 1. The number of anilines is 1. The Labute approximate surface area is 190 Å². The molecule has 1 amide bonds. The highest BCUT2D eigenvalue weighted by Crippen LogP contribution is 2.38. The molecular formula is C28H31NO3. The maximum atomic E-state index is 11.1. The summed E-state index contributed by atoms with van der Waals surface area (Å²) in [7, 11) is 3.35. The van der Waals surface area contributed by atoms with E-state index in [1.165, 1.54) is 6.92 Å². The van der Waals surface area contributed by atoms with Gasteiger partial charge < -0.3 is 14.8 Å². The lowest BCUT2D eigenvalue weighted by Crippen LogP contribution is -2.05. The average molecular weight is 430 g/mol. The van der Waals surface area contributed by atoms with Gasteiger partial charge in [0.2, 0.25) is 5.91 Å². The van der Waals surface area contributed by atoms with Crippen molar-refractivity contribution in [3.05, 3.63) is 77.9 Å². The van der Waals surface area contributed by atoms with Gasteiger partial charge in [0, 0.05) is 18.0 Å². The lowest BCUT2D eigenvalue weighted by molar-refractivity contribution is -0.114. The number of carbonyl (C=O) groups is 1. The molecule has 0 unspecified atom stereocenters. The molecule has 4 nitrogen and oxygen atoms in total. The highest BCUT2D eigenvalue weighted by atomic mass is 16.5. The van der Waals surface area contributed by atoms with E-state index in [0.29, 0.717) is 0 Å². The molecular weight excluding hydrogens is 398 g/mol. The van der Waals surface area contributed by atoms with E-state index >= 15 is 0 Å². The molecule has 0 bridgehead atoms. The predicted molar refractivity (Wildman–Crippen MR) is 134 cm³/mol. The summed E-state index contributed by atoms with van der Waals surface area (Å²) in [5.74, 6) is 1.47. The van der Waals surface area contributed by atoms with Gasteiger partial charge in [-0.2, -0.15) is 0 Å². The van der Waals surface area contributed by atoms with E-state index in [2.05, 4.69) is 41.8 Å². The van der Waals surface area contributed by atoms with Crippen LogP contribution in [0.5, 0.6) is 11.5 Å². The number of allylic oxidation sites excluding steroid dienone is 2. The molecule has 0 fully saturated rings. The molecule has 3 rings (SSSR count). The van der Waals surface area contributed by atoms with Crippen LogP contribution in [0, 0.1) is 0 Å². The molecule has 0 aliphatic heterocycles. The largest absolute Gasteiger partial charge is 0.493 e. The predicted octanol–water partition coefficient (Wildman–Crippen LogP) is 7.10. The van der Waals surface area contributed by atoms with Gasteiger partial charge in [0.25, 0.3) is 0 Å². The Morgan fingerprint density at radius 3 is 2.16 bits per heavy atom. The molecule has 3 aromatic carbocycles. The number of rotatable bonds is 10. The standard InChI is InChI=1S/C28H31NO3/c1-21(30)29-24-18-16-22(17-19-24)12-8-6-4-5-7-9-13-23-20-27(31-2)28(32-3)26-15-11-10-14-25(23)26/h8-20H,4-7H2,1-3H3,(H,29,30)/b12-8+,13-9-. The smallest absolute Gasteiger partial charge is 0.221 e. The van der Waals surface area contributed by atoms with Gasteiger partial charge in [0.05, 0.1) is 14.2 Å². The number of methoxy groups -OCH3 is 2. The third kappa shape index (κ3) is 6.24. The third-order valence-electron chi connectivity index (χ3n) is 5.25. The summed E-state index contributed by atoms with van der Waals surface area (Å²) in [4.78, 5) is 11.1. The van der Waals surface area contributed by atoms with Gasteiger partial charge in [0.15, 0.2) is 11.5 Å². The maximum Gasteiger partial charge on any atom is 0.221 e. The van der Waals surface area contributed by atoms with Gasteiger partial charge in [-0.15, -0.1) is 0 Å². The van der Waals surface area contributed by atoms with Crippen LogP contribution in [0.25, 0.3) is 22.9 Å². The molecule has 4 heteroatoms. The highest BCUT2D eigenvalue weighted by Gasteiger charge is 2.11. The van der Waals surface area contributed by atoms with Crippen LogP contribution in [-0.4, -0.2) is 20.1 Å². The van der Waals surface area contributed by atoms with Crippen molar-refractivity contribution in [1.29, 1.82) is 0 Å². The molecule has 0 aliphatic carbocycles. The van der Waals surface area contributed by atoms with Gasteiger partial charge in [-0.3, -0.25) is 4.79 Å². The van der Waals surface area contributed by atoms with E-state index in [-0.39, 0.29) is 5.91 Å². The molecule has 0 heterocycles. The van der Waals surface area contributed by atoms with Crippen LogP contribution in [0.2, 0.25) is 0 Å². The molecule has 1 N–H and O–H groups in total. The van der Waals surface area contributed by atoms with Crippen molar-refractivity contribution in [2.24, 2.45) is 0 Å². The van der Waals surface area contributed by atoms with Gasteiger partial charge in [-0.25, -0.2) is 0 Å². The normalized spacial score (nSPS) is 11.3. The van der Waals surface area contributed by atoms with Gasteiger partial charge >= 0.3 is 0 Å². The number of unbranched alkanes of at least 4 members (excludes halogenated alkanes) is 3. The first-order chi connectivity index (χ1) is 15.6. The number of nitrogens with one attached hydrogen (secondary N) is 1. The van der Waals surface area contributed by atoms with E-state index in [1.54, 1.807) is 14.2 Å². The topological polar surface area (TPSA) is 47.6 Å². The number of amides is 1. The second-order valence-corrected chi connectivity index (χ2v) is 7.64. The molecule has 3 aromatic rings. The van der Waals surface area contributed by atoms with Crippen molar-refractivity contribution in [1.82, 2.24) is 0 Å². The summed E-state index contributed by atoms with van der Waals surface area (Å²) >= 11 is 0. The highest BCUT2D eigenvalue weighted by molar-refractivity contribution is 5.97. The number of ether oxygens (including phenoxy) is 2. The van der Waals surface area contributed by atoms with E-state index < -0.39 is 0 Å². The minimum atomic E-state index is -0.0540. The molecule has 0 saturated heterocycles. The zero-order valence-electron chi connectivity index (χ0n) is 19.1. The van der Waals surface area contributed by atoms with E-state index in [1.807, 2.05) is 42.5 Å². The molecule has 166 valence electrons. The first-order valence-corrected chi connectivity index (χ1v) is 11.0. The van der Waals surface area contributed by atoms with Crippen molar-refractivity contribution in [2.45, 2.75) is 32.6 Å². The van der Waals surface area contributed by atoms with Crippen molar-refractivity contribution >= 4 is 34.5 Å². The van der Waals surface area contributed by atoms with Crippen LogP contribution in [0.3, 0.4) is 0 Å². The number of benzene rings is 3. The minimum Gasteiger partial charge on any atom is -0.493 e. The Morgan fingerprint density at radius 2 is 1.53 bits per heavy atom. The summed E-state index contributed by atoms with van der Waals surface area (Å²) in [5, 5.41) is 5.00. The summed E-state index contributed by atoms with van der Waals surface area (Å²) in [5.41, 5.74) is 3.10. The fourth-order valence-corrected chi connectivity index (χ4v) is 3.69. The van der Waals surface area contributed by atoms with Crippen LogP contribution in [0.15, 0.2) is 66.7 Å². The zero-order chi connectivity index (χ0) is 22.8. The summed E-state index contributed by atoms with van der Waals surface area (Å²) in [6.07, 6.45) is 13.1. The average Bonchev–Trinajstić information content (AvgIpc) is 2.81. The second-order valence-electron chi connectivity index (χ2n) is 7.64. The van der Waals surface area contributed by atoms with Crippen LogP contribution in [-0.2, 0) is 4.79 Å². The maximum absolute atomic E-state index is 11.1. The molecule has 0 radical (unpaired) electrons. The first kappa shape index (κ1) is 23.1. The number of hydrogen-bond donors (Lipinski definition) is 1. The van der Waals surface area contributed by atoms with Crippen molar-refractivity contribution < 1.29 is 14.3 Å². The Hall–Kier alpha value is -3.53. The quantitative estimate of drug-likeness (QED) is 0.350. The molecule has 0 aliphatic rings. The fourth-order valence-electron chi connectivity index (χ4n) is 3.69. The zero-order valence-corrected chi connectivity index (χ0v) is 19.1. The monoisotopic (exact) mass is 429 g/mol. The molecule has 0 spiro atoms. The van der Waals surface area contributed by atoms with E-state index in [9.17, 15) is 4.79 Å². The molecule has 0 atom stereocenters. The Balaban J connectivity index is 1.50. The third-order valence-corrected chi connectivity index (χ3v) is 5.25. The van der Waals surface area contributed by atoms with Crippen LogP contribution in [0.4, 0.5) is 5.69 Å². The number of hydrogen-bond acceptors (Lipinski definition) is 3. The minimum absolute atomic E-state index is 0.0540. The van der Waals surface area contributed by atoms with E-state index in [0.717, 1.165) is 64.8 Å². The van der Waals surface area contributed by atoms with Gasteiger partial charge in [0.1, 0.15) is 0 Å². The van der Waals surface area contributed by atoms with Gasteiger partial charge in [-0.1, -0.05) is 60.7 Å².